The number of rotatable bonds is 4. The number of para-hydroxylation sites is 1. The Hall–Kier alpha value is -2.08. The molecule has 1 aromatic rings. The van der Waals surface area contributed by atoms with Gasteiger partial charge >= 0.3 is 5.97 Å². The number of morpholine rings is 1. The molecular formula is C17H21NO5. The fraction of sp³-hybridized carbons (Fsp3) is 0.529. The molecule has 0 saturated carbocycles. The first kappa shape index (κ1) is 15.8. The zero-order chi connectivity index (χ0) is 16.2. The normalized spacial score (nSPS) is 23.7. The van der Waals surface area contributed by atoms with Crippen molar-refractivity contribution >= 4 is 11.9 Å². The van der Waals surface area contributed by atoms with Crippen molar-refractivity contribution < 1.29 is 24.2 Å². The van der Waals surface area contributed by atoms with Crippen LogP contribution in [0.3, 0.4) is 0 Å². The number of carbonyl (C=O) groups excluding carboxylic acids is 1. The highest BCUT2D eigenvalue weighted by atomic mass is 16.5. The molecule has 6 nitrogen and oxygen atoms in total. The topological polar surface area (TPSA) is 76.1 Å². The lowest BCUT2D eigenvalue weighted by Gasteiger charge is -2.34. The maximum atomic E-state index is 12.6. The quantitative estimate of drug-likeness (QED) is 0.913. The molecule has 1 aromatic carbocycles. The largest absolute Gasteiger partial charge is 0.493 e. The first-order valence-electron chi connectivity index (χ1n) is 7.96. The summed E-state index contributed by atoms with van der Waals surface area (Å²) >= 11 is 0. The number of carbonyl (C=O) groups is 2. The number of ether oxygens (including phenoxy) is 2. The summed E-state index contributed by atoms with van der Waals surface area (Å²) < 4.78 is 11.1. The van der Waals surface area contributed by atoms with Crippen LogP contribution in [0.2, 0.25) is 0 Å². The van der Waals surface area contributed by atoms with E-state index in [1.54, 1.807) is 4.90 Å². The molecule has 1 N–H and O–H groups in total. The van der Waals surface area contributed by atoms with E-state index in [1.807, 2.05) is 24.3 Å². The summed E-state index contributed by atoms with van der Waals surface area (Å²) in [5, 5.41) is 8.86. The van der Waals surface area contributed by atoms with Gasteiger partial charge in [-0.2, -0.15) is 0 Å². The highest BCUT2D eigenvalue weighted by Crippen LogP contribution is 2.35. The third-order valence-corrected chi connectivity index (χ3v) is 4.40. The van der Waals surface area contributed by atoms with Crippen molar-refractivity contribution in [3.05, 3.63) is 29.8 Å². The van der Waals surface area contributed by atoms with Gasteiger partial charge in [0.05, 0.1) is 25.7 Å². The summed E-state index contributed by atoms with van der Waals surface area (Å²) in [5.41, 5.74) is 1.09. The highest BCUT2D eigenvalue weighted by molar-refractivity contribution is 5.77. The molecule has 1 fully saturated rings. The van der Waals surface area contributed by atoms with Gasteiger partial charge in [-0.15, -0.1) is 0 Å². The summed E-state index contributed by atoms with van der Waals surface area (Å²) in [6, 6.07) is 7.84. The Labute approximate surface area is 135 Å². The summed E-state index contributed by atoms with van der Waals surface area (Å²) in [6.45, 7) is 1.91. The second kappa shape index (κ2) is 7.00. The molecular weight excluding hydrogens is 298 g/mol. The second-order valence-corrected chi connectivity index (χ2v) is 6.01. The molecule has 6 heteroatoms. The van der Waals surface area contributed by atoms with E-state index >= 15 is 0 Å². The van der Waals surface area contributed by atoms with Gasteiger partial charge in [-0.05, 0) is 24.0 Å². The van der Waals surface area contributed by atoms with E-state index in [4.69, 9.17) is 14.6 Å². The minimum Gasteiger partial charge on any atom is -0.493 e. The minimum absolute atomic E-state index is 0.0605. The van der Waals surface area contributed by atoms with E-state index in [0.29, 0.717) is 32.7 Å². The van der Waals surface area contributed by atoms with Gasteiger partial charge in [-0.1, -0.05) is 18.2 Å². The molecule has 2 atom stereocenters. The first-order chi connectivity index (χ1) is 11.1. The number of benzene rings is 1. The number of nitrogens with zero attached hydrogens (tertiary/aromatic N) is 1. The Kier molecular flexibility index (Phi) is 4.81. The summed E-state index contributed by atoms with van der Waals surface area (Å²) in [4.78, 5) is 25.1. The maximum absolute atomic E-state index is 12.6. The van der Waals surface area contributed by atoms with Crippen molar-refractivity contribution in [2.45, 2.75) is 31.3 Å². The van der Waals surface area contributed by atoms with Gasteiger partial charge in [0.2, 0.25) is 5.91 Å². The first-order valence-corrected chi connectivity index (χ1v) is 7.96. The summed E-state index contributed by atoms with van der Waals surface area (Å²) in [5.74, 6) is 0.184. The lowest BCUT2D eigenvalue weighted by atomic mass is 9.89. The molecule has 1 amide bonds. The summed E-state index contributed by atoms with van der Waals surface area (Å²) in [7, 11) is 0. The molecule has 0 bridgehead atoms. The Bertz CT molecular complexity index is 588. The number of fused-ring (bicyclic) bond motifs is 1. The fourth-order valence-corrected chi connectivity index (χ4v) is 3.23. The van der Waals surface area contributed by atoms with Gasteiger partial charge in [-0.25, -0.2) is 0 Å². The second-order valence-electron chi connectivity index (χ2n) is 6.01. The third-order valence-electron chi connectivity index (χ3n) is 4.40. The Balaban J connectivity index is 1.62. The van der Waals surface area contributed by atoms with E-state index in [2.05, 4.69) is 0 Å². The maximum Gasteiger partial charge on any atom is 0.306 e. The van der Waals surface area contributed by atoms with Crippen LogP contribution in [0.5, 0.6) is 5.75 Å². The van der Waals surface area contributed by atoms with Gasteiger partial charge < -0.3 is 19.5 Å². The lowest BCUT2D eigenvalue weighted by Crippen LogP contribution is -2.46. The number of aliphatic carboxylic acids is 1. The monoisotopic (exact) mass is 319 g/mol. The van der Waals surface area contributed by atoms with E-state index in [9.17, 15) is 9.59 Å². The predicted octanol–water partition coefficient (Wildman–Crippen LogP) is 1.64. The molecule has 0 aliphatic carbocycles. The smallest absolute Gasteiger partial charge is 0.306 e. The number of carboxylic acid groups (broad SMARTS) is 1. The van der Waals surface area contributed by atoms with Crippen molar-refractivity contribution in [3.8, 4) is 5.75 Å². The van der Waals surface area contributed by atoms with Crippen LogP contribution in [0.15, 0.2) is 24.3 Å². The fourth-order valence-electron chi connectivity index (χ4n) is 3.23. The lowest BCUT2D eigenvalue weighted by molar-refractivity contribution is -0.148. The van der Waals surface area contributed by atoms with E-state index < -0.39 is 12.1 Å². The zero-order valence-electron chi connectivity index (χ0n) is 12.9. The Morgan fingerprint density at radius 1 is 1.22 bits per heavy atom. The molecule has 0 aromatic heterocycles. The van der Waals surface area contributed by atoms with E-state index in [1.165, 1.54) is 0 Å². The standard InChI is InChI=1S/C17H21NO5/c19-16(18-6-8-22-13(11-18)10-17(20)21)9-12-5-7-23-15-4-2-1-3-14(12)15/h1-4,12-13H,5-11H2,(H,20,21)/t12-,13+/m1/s1. The predicted molar refractivity (Wildman–Crippen MR) is 82.5 cm³/mol. The zero-order valence-corrected chi connectivity index (χ0v) is 12.9. The molecule has 0 spiro atoms. The molecule has 0 unspecified atom stereocenters. The van der Waals surface area contributed by atoms with Crippen molar-refractivity contribution in [1.29, 1.82) is 0 Å². The van der Waals surface area contributed by atoms with E-state index in [-0.39, 0.29) is 18.2 Å². The van der Waals surface area contributed by atoms with Crippen LogP contribution in [0.4, 0.5) is 0 Å². The van der Waals surface area contributed by atoms with Gasteiger partial charge in [0.25, 0.3) is 0 Å². The van der Waals surface area contributed by atoms with Crippen molar-refractivity contribution in [2.75, 3.05) is 26.3 Å². The molecule has 124 valence electrons. The van der Waals surface area contributed by atoms with Gasteiger partial charge in [-0.3, -0.25) is 9.59 Å². The van der Waals surface area contributed by atoms with Crippen LogP contribution < -0.4 is 4.74 Å². The Morgan fingerprint density at radius 3 is 2.87 bits per heavy atom. The molecule has 23 heavy (non-hydrogen) atoms. The molecule has 3 rings (SSSR count). The third kappa shape index (κ3) is 3.82. The van der Waals surface area contributed by atoms with Gasteiger partial charge in [0, 0.05) is 19.5 Å². The van der Waals surface area contributed by atoms with Crippen molar-refractivity contribution in [3.63, 3.8) is 0 Å². The number of hydrogen-bond acceptors (Lipinski definition) is 4. The molecule has 0 radical (unpaired) electrons. The van der Waals surface area contributed by atoms with Gasteiger partial charge in [0.1, 0.15) is 5.75 Å². The van der Waals surface area contributed by atoms with Crippen LogP contribution in [-0.4, -0.2) is 54.3 Å². The molecule has 2 heterocycles. The number of hydrogen-bond donors (Lipinski definition) is 1. The molecule has 1 saturated heterocycles. The minimum atomic E-state index is -0.900. The molecule has 2 aliphatic heterocycles. The Morgan fingerprint density at radius 2 is 2.04 bits per heavy atom. The average Bonchev–Trinajstić information content (AvgIpc) is 2.55. The van der Waals surface area contributed by atoms with Crippen LogP contribution in [-0.2, 0) is 14.3 Å². The van der Waals surface area contributed by atoms with E-state index in [0.717, 1.165) is 17.7 Å². The van der Waals surface area contributed by atoms with Gasteiger partial charge in [0.15, 0.2) is 0 Å². The number of carboxylic acids is 1. The van der Waals surface area contributed by atoms with Crippen LogP contribution in [0, 0.1) is 0 Å². The van der Waals surface area contributed by atoms with Crippen LogP contribution >= 0.6 is 0 Å². The summed E-state index contributed by atoms with van der Waals surface area (Å²) in [6.07, 6.45) is 0.780. The van der Waals surface area contributed by atoms with Crippen LogP contribution in [0.1, 0.15) is 30.7 Å². The van der Waals surface area contributed by atoms with Crippen molar-refractivity contribution in [1.82, 2.24) is 4.90 Å². The average molecular weight is 319 g/mol. The van der Waals surface area contributed by atoms with Crippen molar-refractivity contribution in [2.24, 2.45) is 0 Å². The van der Waals surface area contributed by atoms with Crippen LogP contribution in [0.25, 0.3) is 0 Å². The number of amides is 1. The SMILES string of the molecule is O=C(O)C[C@H]1CN(C(=O)C[C@H]2CCOc3ccccc32)CCO1. The highest BCUT2D eigenvalue weighted by Gasteiger charge is 2.29. The molecule has 2 aliphatic rings.